The van der Waals surface area contributed by atoms with Gasteiger partial charge >= 0.3 is 0 Å². The van der Waals surface area contributed by atoms with Crippen LogP contribution < -0.4 is 118 Å². The van der Waals surface area contributed by atoms with Gasteiger partial charge in [-0.05, 0) is 199 Å². The van der Waals surface area contributed by atoms with Crippen LogP contribution in [0.2, 0.25) is 0 Å². The number of nitrogens with two attached hydrogens (primary N) is 3. The molecule has 47 heteroatoms. The number of benzene rings is 1. The molecule has 1 saturated heterocycles. The van der Waals surface area contributed by atoms with Crippen molar-refractivity contribution in [3.05, 3.63) is 35.9 Å². The van der Waals surface area contributed by atoms with E-state index >= 15 is 0 Å². The molecule has 1 aliphatic rings. The van der Waals surface area contributed by atoms with Crippen LogP contribution >= 0.6 is 0 Å². The molecule has 26 N–H and O–H groups in total. The van der Waals surface area contributed by atoms with Gasteiger partial charge in [0.05, 0.1) is 19.2 Å². The quantitative estimate of drug-likeness (QED) is 0.0292. The van der Waals surface area contributed by atoms with Crippen molar-refractivity contribution in [3.63, 3.8) is 0 Å². The van der Waals surface area contributed by atoms with Crippen molar-refractivity contribution in [2.45, 2.75) is 368 Å². The van der Waals surface area contributed by atoms with Crippen molar-refractivity contribution in [2.24, 2.45) is 35.0 Å². The Hall–Kier alpha value is -13.0. The average molecular weight is 1970 g/mol. The molecule has 2 rings (SSSR count). The molecule has 139 heavy (non-hydrogen) atoms. The minimum Gasteiger partial charge on any atom is -0.394 e. The molecule has 13 atom stereocenters. The first-order valence-electron chi connectivity index (χ1n) is 46.5. The fraction of sp³-hybridized carbons (Fsp3) is 0.685. The van der Waals surface area contributed by atoms with Crippen molar-refractivity contribution in [3.8, 4) is 0 Å². The predicted molar refractivity (Wildman–Crippen MR) is 508 cm³/mol. The van der Waals surface area contributed by atoms with Crippen LogP contribution in [0.5, 0.6) is 0 Å². The Labute approximate surface area is 812 Å². The second-order valence-corrected chi connectivity index (χ2v) is 40.1. The molecule has 1 aliphatic heterocycles. The monoisotopic (exact) mass is 1960 g/mol. The number of amides is 23. The van der Waals surface area contributed by atoms with Crippen molar-refractivity contribution < 1.29 is 115 Å². The smallest absolute Gasteiger partial charge is 0.248 e. The molecule has 1 heterocycles. The number of nitrogens with one attached hydrogen (secondary N) is 19. The molecule has 1 unspecified atom stereocenters. The zero-order valence-corrected chi connectivity index (χ0v) is 85.1. The van der Waals surface area contributed by atoms with Gasteiger partial charge in [-0.2, -0.15) is 0 Å². The van der Waals surface area contributed by atoms with Gasteiger partial charge in [0.25, 0.3) is 0 Å². The van der Waals surface area contributed by atoms with E-state index in [1.165, 1.54) is 143 Å². The highest BCUT2D eigenvalue weighted by Crippen LogP contribution is 2.25. The molecular formula is C92H153N23O24. The van der Waals surface area contributed by atoms with Crippen LogP contribution in [0.4, 0.5) is 0 Å². The topological polar surface area (TPSA) is 723 Å². The van der Waals surface area contributed by atoms with E-state index in [4.69, 9.17) is 17.2 Å². The first-order valence-corrected chi connectivity index (χ1v) is 46.5. The molecular weight excluding hydrogens is 1810 g/mol. The summed E-state index contributed by atoms with van der Waals surface area (Å²) in [4.78, 5) is 314. The highest BCUT2D eigenvalue weighted by molar-refractivity contribution is 6.05. The lowest BCUT2D eigenvalue weighted by Gasteiger charge is -2.36. The lowest BCUT2D eigenvalue weighted by molar-refractivity contribution is -0.146. The third-order valence-electron chi connectivity index (χ3n) is 23.3. The Morgan fingerprint density at radius 2 is 0.806 bits per heavy atom. The summed E-state index contributed by atoms with van der Waals surface area (Å²) in [5, 5.41) is 58.5. The minimum atomic E-state index is -1.92. The molecule has 0 aromatic heterocycles. The van der Waals surface area contributed by atoms with E-state index in [0.717, 1.165) is 5.56 Å². The van der Waals surface area contributed by atoms with E-state index in [1.807, 2.05) is 0 Å². The van der Waals surface area contributed by atoms with E-state index in [0.29, 0.717) is 6.42 Å². The van der Waals surface area contributed by atoms with E-state index in [9.17, 15) is 115 Å². The largest absolute Gasteiger partial charge is 0.394 e. The number of nitrogens with zero attached hydrogens (tertiary/aromatic N) is 1. The number of aliphatic hydroxyl groups is 1. The first kappa shape index (κ1) is 122. The number of rotatable bonds is 56. The normalized spacial score (nSPS) is 15.8. The van der Waals surface area contributed by atoms with Crippen molar-refractivity contribution in [2.75, 3.05) is 19.7 Å². The molecule has 47 nitrogen and oxygen atoms in total. The zero-order valence-electron chi connectivity index (χ0n) is 85.1. The van der Waals surface area contributed by atoms with Gasteiger partial charge in [-0.25, -0.2) is 0 Å². The Morgan fingerprint density at radius 3 is 1.29 bits per heavy atom. The standard InChI is InChI=1S/C92H153N23O24/c1-27-49(7)66(106-80(135)87(16,17)109-72(127)58(38-41-63(95)120)103-79(134)88(18,19)113-81(136)89(20,21)108-69(124)52(10)98-67(122)50(8)97-68(123)51(9)99-78(133)86(14,15)107-53(11)117)76(131)112-85(12,13)77(132)96-45-64(121)101-59(43-47(3)4)73(128)110-91(24,25)84(139)115-42-32-35-60(115)74(129)105-65(48(5)6)75(130)111-90(22,23)82(137)114-92(26,28-2)83(138)104-57(37-40-62(94)119)71(126)102-56(36-39-61(93)118)70(125)100-55(46-116)44-54-33-30-29-31-34-54/h29-31,33-34,47-52,55-60,65-66,116H,27-28,32,35-46H2,1-26H3,(H2,93,118)(H2,94,119)(H2,95,120)(H,96,132)(H,97,123)(H,98,122)(H,99,133)(H,100,125)(H,101,121)(H,102,126)(H,103,134)(H,104,138)(H,105,129)(H,106,135)(H,107,117)(H,108,124)(H,109,127)(H,110,128)(H,111,130)(H,112,131)(H,113,136)(H,114,137)/t49-,50-,51-,52-,55?,56-,57-,58-,59-,60-,65-,66-,92-/m0/s1. The van der Waals surface area contributed by atoms with Crippen molar-refractivity contribution in [1.29, 1.82) is 0 Å². The van der Waals surface area contributed by atoms with Gasteiger partial charge in [0.15, 0.2) is 0 Å². The third kappa shape index (κ3) is 39.1. The average Bonchev–Trinajstić information content (AvgIpc) is 1.78. The number of aliphatic hydroxyl groups excluding tert-OH is 1. The molecule has 0 saturated carbocycles. The zero-order chi connectivity index (χ0) is 107. The van der Waals surface area contributed by atoms with E-state index in [-0.39, 0.29) is 57.4 Å². The molecule has 0 spiro atoms. The number of carbonyl (C=O) groups excluding carboxylic acids is 23. The summed E-state index contributed by atoms with van der Waals surface area (Å²) in [6, 6.07) is -5.62. The van der Waals surface area contributed by atoms with Crippen LogP contribution in [-0.4, -0.2) is 276 Å². The maximum Gasteiger partial charge on any atom is 0.248 e. The molecule has 1 aromatic carbocycles. The Morgan fingerprint density at radius 1 is 0.403 bits per heavy atom. The lowest BCUT2D eigenvalue weighted by Crippen LogP contribution is -2.67. The van der Waals surface area contributed by atoms with Gasteiger partial charge in [0, 0.05) is 32.7 Å². The molecule has 780 valence electrons. The van der Waals surface area contributed by atoms with Gasteiger partial charge in [-0.1, -0.05) is 85.2 Å². The summed E-state index contributed by atoms with van der Waals surface area (Å²) in [6.45, 7) is 35.3. The molecule has 0 radical (unpaired) electrons. The van der Waals surface area contributed by atoms with Crippen LogP contribution in [0.25, 0.3) is 0 Å². The van der Waals surface area contributed by atoms with E-state index in [1.54, 1.807) is 71.9 Å². The highest BCUT2D eigenvalue weighted by Gasteiger charge is 2.48. The number of carbonyl (C=O) groups is 23. The van der Waals surface area contributed by atoms with Crippen LogP contribution in [0.1, 0.15) is 256 Å². The van der Waals surface area contributed by atoms with Gasteiger partial charge in [0.2, 0.25) is 136 Å². The summed E-state index contributed by atoms with van der Waals surface area (Å²) in [6.07, 6.45) is -1.66. The lowest BCUT2D eigenvalue weighted by atomic mass is 9.93. The Balaban J connectivity index is 2.21. The van der Waals surface area contributed by atoms with Gasteiger partial charge in [0.1, 0.15) is 105 Å². The molecule has 0 bridgehead atoms. The van der Waals surface area contributed by atoms with Crippen LogP contribution in [0.3, 0.4) is 0 Å². The second kappa shape index (κ2) is 52.7. The van der Waals surface area contributed by atoms with E-state index < -0.39 is 297 Å². The summed E-state index contributed by atoms with van der Waals surface area (Å²) >= 11 is 0. The molecule has 23 amide bonds. The summed E-state index contributed by atoms with van der Waals surface area (Å²) < 4.78 is 0. The van der Waals surface area contributed by atoms with Crippen LogP contribution in [0, 0.1) is 17.8 Å². The predicted octanol–water partition coefficient (Wildman–Crippen LogP) is -4.65. The number of hydrogen-bond acceptors (Lipinski definition) is 24. The summed E-state index contributed by atoms with van der Waals surface area (Å²) in [5.74, 6) is -21.2. The summed E-state index contributed by atoms with van der Waals surface area (Å²) in [7, 11) is 0. The number of hydrogen-bond donors (Lipinski definition) is 23. The maximum atomic E-state index is 14.6. The molecule has 0 aliphatic carbocycles. The second-order valence-electron chi connectivity index (χ2n) is 40.1. The van der Waals surface area contributed by atoms with Gasteiger partial charge in [-0.3, -0.25) is 110 Å². The third-order valence-corrected chi connectivity index (χ3v) is 23.3. The van der Waals surface area contributed by atoms with Crippen LogP contribution in [0.15, 0.2) is 30.3 Å². The van der Waals surface area contributed by atoms with Gasteiger partial charge < -0.3 is 128 Å². The van der Waals surface area contributed by atoms with Crippen molar-refractivity contribution >= 4 is 136 Å². The fourth-order valence-corrected chi connectivity index (χ4v) is 14.0. The number of primary amides is 3. The number of likely N-dealkylation sites (tertiary alicyclic amines) is 1. The van der Waals surface area contributed by atoms with E-state index in [2.05, 4.69) is 101 Å². The first-order chi connectivity index (χ1) is 63.8. The Kier molecular flexibility index (Phi) is 46.3. The Bertz CT molecular complexity index is 4650. The maximum absolute atomic E-state index is 14.6. The molecule has 1 fully saturated rings. The highest BCUT2D eigenvalue weighted by atomic mass is 16.3. The minimum absolute atomic E-state index is 0.00636. The van der Waals surface area contributed by atoms with Gasteiger partial charge in [-0.15, -0.1) is 0 Å². The van der Waals surface area contributed by atoms with Crippen molar-refractivity contribution in [1.82, 2.24) is 106 Å². The fourth-order valence-electron chi connectivity index (χ4n) is 14.0. The SMILES string of the molecule is CC[C@H](C)[C@H](NC(=O)C(C)(C)NC(=O)[C@H](CCC(N)=O)NC(=O)C(C)(C)NC(=O)C(C)(C)NC(=O)[C@H](C)NC(=O)[C@H](C)NC(=O)[C@H](C)NC(=O)C(C)(C)NC(C)=O)C(=O)NC(C)(C)C(=O)NCC(=O)N[C@@H](CC(C)C)C(=O)NC(C)(C)C(=O)N1CCC[C@H]1C(=O)N[C@H](C(=O)NC(C)(C)C(=O)N[C@@](C)(CC)C(=O)N[C@@H](CCC(N)=O)C(=O)N[C@@H](CCC(N)=O)C(=O)NC(CO)Cc1ccccc1)C(C)C. The van der Waals surface area contributed by atoms with Crippen LogP contribution in [-0.2, 0) is 117 Å². The summed E-state index contributed by atoms with van der Waals surface area (Å²) in [5.41, 5.74) is 2.79. The molecule has 1 aromatic rings.